The van der Waals surface area contributed by atoms with Crippen LogP contribution in [0.15, 0.2) is 12.4 Å². The van der Waals surface area contributed by atoms with Crippen LogP contribution in [0.5, 0.6) is 0 Å². The number of aromatic amines is 1. The van der Waals surface area contributed by atoms with Gasteiger partial charge in [-0.25, -0.2) is 10.3 Å². The maximum atomic E-state index is 9.48. The van der Waals surface area contributed by atoms with Gasteiger partial charge in [-0.3, -0.25) is 0 Å². The Morgan fingerprint density at radius 2 is 2.21 bits per heavy atom. The topological polar surface area (TPSA) is 92.3 Å². The third-order valence-electron chi connectivity index (χ3n) is 3.78. The van der Waals surface area contributed by atoms with Crippen molar-refractivity contribution in [3.05, 3.63) is 18.2 Å². The fourth-order valence-corrected chi connectivity index (χ4v) is 2.45. The van der Waals surface area contributed by atoms with Crippen LogP contribution in [-0.2, 0) is 6.42 Å². The van der Waals surface area contributed by atoms with Crippen molar-refractivity contribution in [1.82, 2.24) is 20.2 Å². The van der Waals surface area contributed by atoms with E-state index in [1.165, 1.54) is 0 Å². The van der Waals surface area contributed by atoms with Gasteiger partial charge in [0.1, 0.15) is 5.82 Å². The number of aromatic nitrogens is 2. The Kier molecular flexibility index (Phi) is 5.78. The quantitative estimate of drug-likeness (QED) is 0.602. The van der Waals surface area contributed by atoms with Crippen LogP contribution in [0, 0.1) is 5.92 Å². The third-order valence-corrected chi connectivity index (χ3v) is 3.78. The highest BCUT2D eigenvalue weighted by atomic mass is 16.3. The summed E-state index contributed by atoms with van der Waals surface area (Å²) in [5.74, 6) is 0.965. The van der Waals surface area contributed by atoms with E-state index in [1.54, 1.807) is 12.4 Å². The van der Waals surface area contributed by atoms with Crippen molar-refractivity contribution in [2.75, 3.05) is 39.3 Å². The van der Waals surface area contributed by atoms with E-state index >= 15 is 0 Å². The van der Waals surface area contributed by atoms with Crippen LogP contribution in [0.1, 0.15) is 12.2 Å². The average molecular weight is 266 g/mol. The van der Waals surface area contributed by atoms with Crippen molar-refractivity contribution in [2.45, 2.75) is 18.9 Å². The summed E-state index contributed by atoms with van der Waals surface area (Å²) in [5, 5.41) is 13.8. The maximum Gasteiger partial charge on any atom is 0.106 e. The Hall–Kier alpha value is -0.950. The molecule has 1 fully saturated rings. The number of nitrogens with zero attached hydrogens (tertiary/aromatic N) is 3. The van der Waals surface area contributed by atoms with E-state index in [9.17, 15) is 5.11 Å². The van der Waals surface area contributed by atoms with Crippen LogP contribution in [0.3, 0.4) is 0 Å². The van der Waals surface area contributed by atoms with Gasteiger partial charge in [0.15, 0.2) is 0 Å². The Balaban J connectivity index is 1.74. The molecule has 1 aliphatic rings. The summed E-state index contributed by atoms with van der Waals surface area (Å²) in [6, 6.07) is 0.00830. The molecule has 107 valence electrons. The first-order valence-electron chi connectivity index (χ1n) is 7.00. The van der Waals surface area contributed by atoms with E-state index in [-0.39, 0.29) is 18.6 Å². The highest BCUT2D eigenvalue weighted by molar-refractivity contribution is 4.91. The number of nitrogens with two attached hydrogens (primary N) is 1. The van der Waals surface area contributed by atoms with E-state index in [4.69, 9.17) is 5.73 Å². The molecule has 0 aromatic carbocycles. The largest absolute Gasteiger partial charge is 0.396 e. The average Bonchev–Trinajstić information content (AvgIpc) is 2.96. The molecular weight excluding hydrogens is 242 g/mol. The SMILES string of the molecule is NC(CCN1CC[N]CC1)C(CO)Cc1ncc[nH]1. The smallest absolute Gasteiger partial charge is 0.106 e. The van der Waals surface area contributed by atoms with Crippen LogP contribution in [-0.4, -0.2) is 65.3 Å². The van der Waals surface area contributed by atoms with E-state index in [0.29, 0.717) is 6.42 Å². The number of piperazine rings is 1. The second-order valence-corrected chi connectivity index (χ2v) is 5.15. The van der Waals surface area contributed by atoms with Crippen molar-refractivity contribution in [3.8, 4) is 0 Å². The number of nitrogens with one attached hydrogen (secondary N) is 1. The number of hydrogen-bond acceptors (Lipinski definition) is 4. The van der Waals surface area contributed by atoms with Crippen LogP contribution in [0.2, 0.25) is 0 Å². The van der Waals surface area contributed by atoms with Crippen molar-refractivity contribution < 1.29 is 5.11 Å². The molecule has 2 unspecified atom stereocenters. The Morgan fingerprint density at radius 1 is 1.42 bits per heavy atom. The molecule has 1 aromatic rings. The lowest BCUT2D eigenvalue weighted by molar-refractivity contribution is 0.178. The normalized spacial score (nSPS) is 20.3. The summed E-state index contributed by atoms with van der Waals surface area (Å²) >= 11 is 0. The van der Waals surface area contributed by atoms with Crippen molar-refractivity contribution in [2.24, 2.45) is 11.7 Å². The monoisotopic (exact) mass is 266 g/mol. The van der Waals surface area contributed by atoms with E-state index < -0.39 is 0 Å². The molecule has 0 saturated carbocycles. The molecule has 0 spiro atoms. The first kappa shape index (κ1) is 14.5. The molecule has 6 nitrogen and oxygen atoms in total. The fraction of sp³-hybridized carbons (Fsp3) is 0.769. The fourth-order valence-electron chi connectivity index (χ4n) is 2.45. The molecule has 4 N–H and O–H groups in total. The second kappa shape index (κ2) is 7.59. The van der Waals surface area contributed by atoms with Crippen molar-refractivity contribution in [3.63, 3.8) is 0 Å². The lowest BCUT2D eigenvalue weighted by atomic mass is 9.94. The number of hydrogen-bond donors (Lipinski definition) is 3. The highest BCUT2D eigenvalue weighted by Gasteiger charge is 2.20. The minimum absolute atomic E-state index is 0.00830. The molecule has 6 heteroatoms. The molecule has 1 saturated heterocycles. The van der Waals surface area contributed by atoms with E-state index in [0.717, 1.165) is 45.0 Å². The van der Waals surface area contributed by atoms with Crippen LogP contribution < -0.4 is 11.1 Å². The lowest BCUT2D eigenvalue weighted by Crippen LogP contribution is -2.43. The summed E-state index contributed by atoms with van der Waals surface area (Å²) in [4.78, 5) is 9.65. The number of aliphatic hydroxyl groups excluding tert-OH is 1. The summed E-state index contributed by atoms with van der Waals surface area (Å²) in [7, 11) is 0. The van der Waals surface area contributed by atoms with Gasteiger partial charge in [0.05, 0.1) is 0 Å². The number of H-pyrrole nitrogens is 1. The summed E-state index contributed by atoms with van der Waals surface area (Å²) < 4.78 is 0. The van der Waals surface area contributed by atoms with Gasteiger partial charge in [0.25, 0.3) is 0 Å². The zero-order valence-electron chi connectivity index (χ0n) is 11.3. The number of aliphatic hydroxyl groups is 1. The van der Waals surface area contributed by atoms with E-state index in [1.807, 2.05) is 0 Å². The first-order valence-corrected chi connectivity index (χ1v) is 7.00. The maximum absolute atomic E-state index is 9.48. The van der Waals surface area contributed by atoms with Crippen molar-refractivity contribution in [1.29, 1.82) is 0 Å². The minimum atomic E-state index is 0.00830. The Labute approximate surface area is 114 Å². The molecule has 0 amide bonds. The molecule has 2 atom stereocenters. The van der Waals surface area contributed by atoms with Crippen LogP contribution in [0.4, 0.5) is 0 Å². The highest BCUT2D eigenvalue weighted by Crippen LogP contribution is 2.11. The van der Waals surface area contributed by atoms with Gasteiger partial charge in [-0.15, -0.1) is 0 Å². The predicted molar refractivity (Wildman–Crippen MR) is 73.8 cm³/mol. The lowest BCUT2D eigenvalue weighted by Gasteiger charge is -2.29. The zero-order valence-corrected chi connectivity index (χ0v) is 11.3. The van der Waals surface area contributed by atoms with Gasteiger partial charge in [-0.05, 0) is 13.0 Å². The van der Waals surface area contributed by atoms with Gasteiger partial charge in [0.2, 0.25) is 0 Å². The molecule has 0 bridgehead atoms. The van der Waals surface area contributed by atoms with Gasteiger partial charge in [-0.1, -0.05) is 0 Å². The van der Waals surface area contributed by atoms with Crippen molar-refractivity contribution >= 4 is 0 Å². The first-order chi connectivity index (χ1) is 9.29. The standard InChI is InChI=1S/C13H24N5O/c14-12(1-6-18-7-4-15-5-8-18)11(10-19)9-13-16-2-3-17-13/h2-3,11-12,19H,1,4-10,14H2,(H,16,17). The summed E-state index contributed by atoms with van der Waals surface area (Å²) in [5.41, 5.74) is 6.21. The Morgan fingerprint density at radius 3 is 2.84 bits per heavy atom. The molecule has 1 aliphatic heterocycles. The van der Waals surface area contributed by atoms with Gasteiger partial charge in [-0.2, -0.15) is 0 Å². The summed E-state index contributed by atoms with van der Waals surface area (Å²) in [6.45, 7) is 5.04. The summed E-state index contributed by atoms with van der Waals surface area (Å²) in [6.07, 6.45) is 5.14. The van der Waals surface area contributed by atoms with E-state index in [2.05, 4.69) is 20.2 Å². The number of imidazole rings is 1. The van der Waals surface area contributed by atoms with Gasteiger partial charge < -0.3 is 20.7 Å². The molecule has 1 aromatic heterocycles. The third kappa shape index (κ3) is 4.58. The van der Waals surface area contributed by atoms with Crippen LogP contribution in [0.25, 0.3) is 0 Å². The molecular formula is C13H24N5O. The molecule has 1 radical (unpaired) electrons. The van der Waals surface area contributed by atoms with Gasteiger partial charge in [0, 0.05) is 63.6 Å². The van der Waals surface area contributed by atoms with Gasteiger partial charge >= 0.3 is 0 Å². The predicted octanol–water partition coefficient (Wildman–Crippen LogP) is -0.802. The molecule has 2 rings (SSSR count). The second-order valence-electron chi connectivity index (χ2n) is 5.15. The number of rotatable bonds is 7. The molecule has 2 heterocycles. The molecule has 0 aliphatic carbocycles. The van der Waals surface area contributed by atoms with Crippen LogP contribution >= 0.6 is 0 Å². The Bertz CT molecular complexity index is 337. The molecule has 19 heavy (non-hydrogen) atoms. The zero-order chi connectivity index (χ0) is 13.5. The minimum Gasteiger partial charge on any atom is -0.396 e.